The second-order valence-corrected chi connectivity index (χ2v) is 10.4. The lowest BCUT2D eigenvalue weighted by Gasteiger charge is -2.40. The van der Waals surface area contributed by atoms with Crippen molar-refractivity contribution in [2.75, 3.05) is 37.9 Å². The first kappa shape index (κ1) is 29.5. The van der Waals surface area contributed by atoms with Crippen molar-refractivity contribution < 1.29 is 33.0 Å². The Labute approximate surface area is 245 Å². The van der Waals surface area contributed by atoms with E-state index in [1.165, 1.54) is 25.8 Å². The summed E-state index contributed by atoms with van der Waals surface area (Å²) in [6.45, 7) is 5.01. The molecule has 1 N–H and O–H groups in total. The molecule has 226 valence electrons. The zero-order valence-corrected chi connectivity index (χ0v) is 23.7. The van der Waals surface area contributed by atoms with Crippen LogP contribution in [0.2, 0.25) is 0 Å². The lowest BCUT2D eigenvalue weighted by atomic mass is 9.85. The van der Waals surface area contributed by atoms with Crippen LogP contribution in [0.25, 0.3) is 5.69 Å². The molecule has 2 aromatic carbocycles. The number of halogens is 2. The van der Waals surface area contributed by atoms with Crippen molar-refractivity contribution in [1.82, 2.24) is 35.0 Å². The molecule has 0 unspecified atom stereocenters. The zero-order valence-electron chi connectivity index (χ0n) is 23.7. The molecule has 16 heteroatoms. The molecule has 2 amide bonds. The number of tetrazole rings is 1. The number of hydrazone groups is 1. The summed E-state index contributed by atoms with van der Waals surface area (Å²) in [6.07, 6.45) is 2.88. The van der Waals surface area contributed by atoms with Crippen molar-refractivity contribution in [2.45, 2.75) is 38.5 Å². The van der Waals surface area contributed by atoms with Crippen molar-refractivity contribution in [1.29, 1.82) is 0 Å². The Morgan fingerprint density at radius 1 is 1.12 bits per heavy atom. The van der Waals surface area contributed by atoms with Gasteiger partial charge < -0.3 is 19.5 Å². The zero-order chi connectivity index (χ0) is 30.7. The van der Waals surface area contributed by atoms with Crippen LogP contribution < -0.4 is 4.90 Å². The molecule has 3 aromatic rings. The molecular formula is C27H30F2N9O5+. The van der Waals surface area contributed by atoms with Crippen LogP contribution in [-0.4, -0.2) is 104 Å². The van der Waals surface area contributed by atoms with Gasteiger partial charge in [-0.1, -0.05) is 11.0 Å². The van der Waals surface area contributed by atoms with E-state index in [2.05, 4.69) is 27.0 Å². The molecule has 0 saturated carbocycles. The maximum Gasteiger partial charge on any atom is 0.547 e. The van der Waals surface area contributed by atoms with Crippen LogP contribution in [0.5, 0.6) is 0 Å². The predicted molar refractivity (Wildman–Crippen MR) is 147 cm³/mol. The number of urea groups is 1. The highest BCUT2D eigenvalue weighted by atomic mass is 19.1. The van der Waals surface area contributed by atoms with Crippen LogP contribution in [0.4, 0.5) is 24.1 Å². The summed E-state index contributed by atoms with van der Waals surface area (Å²) in [5, 5.41) is 28.7. The van der Waals surface area contributed by atoms with Crippen LogP contribution in [-0.2, 0) is 15.1 Å². The van der Waals surface area contributed by atoms with Crippen molar-refractivity contribution in [3.63, 3.8) is 0 Å². The second kappa shape index (κ2) is 12.1. The van der Waals surface area contributed by atoms with Gasteiger partial charge in [0.15, 0.2) is 6.67 Å². The van der Waals surface area contributed by atoms with E-state index in [0.29, 0.717) is 24.0 Å². The van der Waals surface area contributed by atoms with Crippen LogP contribution in [0.1, 0.15) is 26.3 Å². The largest absolute Gasteiger partial charge is 0.547 e. The van der Waals surface area contributed by atoms with Crippen molar-refractivity contribution in [3.8, 4) is 5.69 Å². The Balaban J connectivity index is 1.32. The molecule has 2 aliphatic heterocycles. The van der Waals surface area contributed by atoms with E-state index >= 15 is 4.39 Å². The molecule has 0 spiro atoms. The van der Waals surface area contributed by atoms with E-state index in [4.69, 9.17) is 9.47 Å². The molecule has 2 atom stereocenters. The molecule has 1 aromatic heterocycles. The van der Waals surface area contributed by atoms with Crippen LogP contribution in [0, 0.1) is 11.6 Å². The van der Waals surface area contributed by atoms with E-state index in [9.17, 15) is 19.1 Å². The number of ether oxygens (including phenoxy) is 2. The van der Waals surface area contributed by atoms with Gasteiger partial charge in [-0.15, -0.1) is 5.10 Å². The van der Waals surface area contributed by atoms with Crippen LogP contribution >= 0.6 is 0 Å². The highest BCUT2D eigenvalue weighted by Gasteiger charge is 2.48. The number of aromatic nitrogens is 4. The Bertz CT molecular complexity index is 1470. The van der Waals surface area contributed by atoms with Gasteiger partial charge in [-0.3, -0.25) is 4.90 Å². The van der Waals surface area contributed by atoms with Crippen molar-refractivity contribution in [3.05, 3.63) is 66.0 Å². The van der Waals surface area contributed by atoms with E-state index in [1.54, 1.807) is 49.9 Å². The molecule has 1 saturated heterocycles. The number of benzene rings is 2. The number of carbonyl (C=O) groups is 2. The highest BCUT2D eigenvalue weighted by molar-refractivity contribution is 5.94. The van der Waals surface area contributed by atoms with Gasteiger partial charge in [0, 0.05) is 30.4 Å². The number of carbonyl (C=O) groups excluding carboxylic acids is 2. The normalized spacial score (nSPS) is 17.0. The number of anilines is 1. The van der Waals surface area contributed by atoms with Gasteiger partial charge in [0.1, 0.15) is 28.7 Å². The molecular weight excluding hydrogens is 568 g/mol. The molecule has 2 aliphatic rings. The first-order valence-corrected chi connectivity index (χ1v) is 13.4. The topological polar surface area (TPSA) is 142 Å². The molecule has 5 rings (SSSR count). The molecule has 0 radical (unpaired) electrons. The fourth-order valence-electron chi connectivity index (χ4n) is 4.94. The SMILES string of the molecule is CC(C)OC(=O)OCN1[C+]=NN(C[C@@](O)(c2ccc(F)cc2F)[C@@H](C)N2CCN(c3ccc(-n4cnnn4)cc3)C2=O)C1. The monoisotopic (exact) mass is 598 g/mol. The molecule has 3 heterocycles. The fraction of sp³-hybridized carbons (Fsp3) is 0.407. The summed E-state index contributed by atoms with van der Waals surface area (Å²) >= 11 is 0. The number of rotatable bonds is 10. The van der Waals surface area contributed by atoms with Gasteiger partial charge in [-0.2, -0.15) is 0 Å². The average molecular weight is 599 g/mol. The van der Waals surface area contributed by atoms with Gasteiger partial charge in [-0.25, -0.2) is 28.1 Å². The van der Waals surface area contributed by atoms with E-state index in [1.807, 2.05) is 0 Å². The Hall–Kier alpha value is -4.95. The smallest absolute Gasteiger partial charge is 0.432 e. The minimum Gasteiger partial charge on any atom is -0.432 e. The number of β-amino-alcohol motifs (C(OH)–C–C–N with tert-alkyl or cyclic N) is 1. The summed E-state index contributed by atoms with van der Waals surface area (Å²) in [5.41, 5.74) is -0.931. The maximum atomic E-state index is 15.2. The standard InChI is InChI=1S/C27H30F2N9O5/c1-18(2)43-26(40)42-17-34-15-31-35(16-34)13-27(41,23-9-4-20(28)12-24(23)29)19(3)36-10-11-37(25(36)39)21-5-7-22(8-6-21)38-14-30-32-33-38/h4-9,12,14,18-19,41H,10-11,13,16-17H2,1-3H3/q+1/t19-,27+/m1/s1. The Morgan fingerprint density at radius 2 is 1.86 bits per heavy atom. The van der Waals surface area contributed by atoms with Gasteiger partial charge in [0.25, 0.3) is 0 Å². The molecule has 0 bridgehead atoms. The van der Waals surface area contributed by atoms with E-state index < -0.39 is 35.5 Å². The third-order valence-electron chi connectivity index (χ3n) is 7.13. The van der Waals surface area contributed by atoms with E-state index in [-0.39, 0.29) is 38.2 Å². The third kappa shape index (κ3) is 6.29. The predicted octanol–water partition coefficient (Wildman–Crippen LogP) is 2.37. The van der Waals surface area contributed by atoms with Gasteiger partial charge in [0.2, 0.25) is 6.73 Å². The van der Waals surface area contributed by atoms with Crippen LogP contribution in [0.3, 0.4) is 0 Å². The highest BCUT2D eigenvalue weighted by Crippen LogP contribution is 2.35. The Morgan fingerprint density at radius 3 is 2.53 bits per heavy atom. The summed E-state index contributed by atoms with van der Waals surface area (Å²) in [6, 6.07) is 8.51. The lowest BCUT2D eigenvalue weighted by Crippen LogP contribution is -2.55. The van der Waals surface area contributed by atoms with Gasteiger partial charge in [-0.05, 0) is 61.5 Å². The minimum absolute atomic E-state index is 0.0283. The third-order valence-corrected chi connectivity index (χ3v) is 7.13. The van der Waals surface area contributed by atoms with Crippen LogP contribution in [0.15, 0.2) is 53.9 Å². The summed E-state index contributed by atoms with van der Waals surface area (Å²) < 4.78 is 40.5. The fourth-order valence-corrected chi connectivity index (χ4v) is 4.94. The summed E-state index contributed by atoms with van der Waals surface area (Å²) in [4.78, 5) is 29.7. The second-order valence-electron chi connectivity index (χ2n) is 10.4. The Kier molecular flexibility index (Phi) is 8.32. The number of nitrogens with zero attached hydrogens (tertiary/aromatic N) is 9. The summed E-state index contributed by atoms with van der Waals surface area (Å²) in [7, 11) is 0. The van der Waals surface area contributed by atoms with Crippen molar-refractivity contribution >= 4 is 24.2 Å². The van der Waals surface area contributed by atoms with Gasteiger partial charge >= 0.3 is 18.5 Å². The van der Waals surface area contributed by atoms with Gasteiger partial charge in [0.05, 0.1) is 24.4 Å². The molecule has 43 heavy (non-hydrogen) atoms. The summed E-state index contributed by atoms with van der Waals surface area (Å²) in [5.74, 6) is -1.78. The molecule has 14 nitrogen and oxygen atoms in total. The number of hydrogen-bond donors (Lipinski definition) is 1. The molecule has 0 aliphatic carbocycles. The average Bonchev–Trinajstić information content (AvgIpc) is 3.73. The number of amides is 2. The molecule has 1 fully saturated rings. The quantitative estimate of drug-likeness (QED) is 0.273. The first-order valence-electron chi connectivity index (χ1n) is 13.4. The number of hydrogen-bond acceptors (Lipinski definition) is 11. The first-order chi connectivity index (χ1) is 20.5. The van der Waals surface area contributed by atoms with Crippen molar-refractivity contribution in [2.24, 2.45) is 5.10 Å². The van der Waals surface area contributed by atoms with E-state index in [0.717, 1.165) is 12.1 Å². The maximum absolute atomic E-state index is 15.2. The number of aliphatic hydroxyl groups is 1. The lowest BCUT2D eigenvalue weighted by molar-refractivity contribution is -0.0605. The minimum atomic E-state index is -2.04.